The molecule has 0 saturated carbocycles. The predicted molar refractivity (Wildman–Crippen MR) is 89.5 cm³/mol. The van der Waals surface area contributed by atoms with Gasteiger partial charge in [0.15, 0.2) is 0 Å². The van der Waals surface area contributed by atoms with Crippen LogP contribution in [-0.2, 0) is 13.0 Å². The number of anilines is 1. The van der Waals surface area contributed by atoms with Crippen LogP contribution in [0.1, 0.15) is 24.5 Å². The third kappa shape index (κ3) is 3.05. The minimum Gasteiger partial charge on any atom is -0.381 e. The number of rotatable bonds is 5. The first-order valence-electron chi connectivity index (χ1n) is 7.53. The smallest absolute Gasteiger partial charge is 0.0705 e. The highest BCUT2D eigenvalue weighted by atomic mass is 14.9. The highest BCUT2D eigenvalue weighted by Gasteiger charge is 2.03. The molecule has 2 aromatic carbocycles. The summed E-state index contributed by atoms with van der Waals surface area (Å²) in [6.07, 6.45) is 4.16. The molecule has 2 nitrogen and oxygen atoms in total. The van der Waals surface area contributed by atoms with Crippen LogP contribution in [0.5, 0.6) is 0 Å². The molecule has 0 fully saturated rings. The van der Waals surface area contributed by atoms with Crippen molar-refractivity contribution in [1.82, 2.24) is 4.98 Å². The quantitative estimate of drug-likeness (QED) is 0.724. The fraction of sp³-hybridized carbons (Fsp3) is 0.211. The van der Waals surface area contributed by atoms with Crippen LogP contribution in [0.2, 0.25) is 0 Å². The van der Waals surface area contributed by atoms with Crippen LogP contribution in [0.3, 0.4) is 0 Å². The van der Waals surface area contributed by atoms with Gasteiger partial charge in [-0.15, -0.1) is 0 Å². The topological polar surface area (TPSA) is 24.9 Å². The first kappa shape index (κ1) is 13.6. The number of aryl methyl sites for hydroxylation is 1. The Hall–Kier alpha value is -2.35. The third-order valence-corrected chi connectivity index (χ3v) is 3.75. The maximum Gasteiger partial charge on any atom is 0.0705 e. The number of hydrogen-bond donors (Lipinski definition) is 1. The molecule has 0 unspecified atom stereocenters. The average Bonchev–Trinajstić information content (AvgIpc) is 2.54. The van der Waals surface area contributed by atoms with Crippen LogP contribution in [0.4, 0.5) is 5.69 Å². The van der Waals surface area contributed by atoms with Crippen LogP contribution in [0.25, 0.3) is 10.9 Å². The summed E-state index contributed by atoms with van der Waals surface area (Å²) in [6, 6.07) is 19.0. The number of para-hydroxylation sites is 2. The fourth-order valence-corrected chi connectivity index (χ4v) is 2.68. The van der Waals surface area contributed by atoms with E-state index >= 15 is 0 Å². The SMILES string of the molecule is CCCc1ccccc1NCc1ccnc2ccccc12. The van der Waals surface area contributed by atoms with Crippen molar-refractivity contribution in [1.29, 1.82) is 0 Å². The van der Waals surface area contributed by atoms with Gasteiger partial charge in [-0.3, -0.25) is 4.98 Å². The third-order valence-electron chi connectivity index (χ3n) is 3.75. The molecule has 0 saturated heterocycles. The highest BCUT2D eigenvalue weighted by molar-refractivity contribution is 5.82. The van der Waals surface area contributed by atoms with E-state index in [1.165, 1.54) is 22.2 Å². The summed E-state index contributed by atoms with van der Waals surface area (Å²) in [7, 11) is 0. The molecule has 0 atom stereocenters. The second-order valence-corrected chi connectivity index (χ2v) is 5.25. The lowest BCUT2D eigenvalue weighted by atomic mass is 10.1. The Labute approximate surface area is 125 Å². The summed E-state index contributed by atoms with van der Waals surface area (Å²) in [5, 5.41) is 4.80. The van der Waals surface area contributed by atoms with Crippen molar-refractivity contribution < 1.29 is 0 Å². The van der Waals surface area contributed by atoms with Crippen LogP contribution in [0, 0.1) is 0 Å². The van der Waals surface area contributed by atoms with Gasteiger partial charge in [-0.25, -0.2) is 0 Å². The Balaban J connectivity index is 1.84. The minimum atomic E-state index is 0.823. The molecule has 0 spiro atoms. The highest BCUT2D eigenvalue weighted by Crippen LogP contribution is 2.20. The lowest BCUT2D eigenvalue weighted by Gasteiger charge is -2.12. The van der Waals surface area contributed by atoms with E-state index in [2.05, 4.69) is 65.8 Å². The zero-order valence-corrected chi connectivity index (χ0v) is 12.3. The molecule has 1 N–H and O–H groups in total. The number of hydrogen-bond acceptors (Lipinski definition) is 2. The van der Waals surface area contributed by atoms with E-state index in [0.29, 0.717) is 0 Å². The van der Waals surface area contributed by atoms with Gasteiger partial charge < -0.3 is 5.32 Å². The number of fused-ring (bicyclic) bond motifs is 1. The molecule has 3 aromatic rings. The molecule has 0 aliphatic carbocycles. The van der Waals surface area contributed by atoms with Crippen molar-refractivity contribution in [2.75, 3.05) is 5.32 Å². The molecule has 2 heteroatoms. The predicted octanol–water partition coefficient (Wildman–Crippen LogP) is 4.80. The standard InChI is InChI=1S/C19H20N2/c1-2-7-15-8-3-5-10-18(15)21-14-16-12-13-20-19-11-6-4-9-17(16)19/h3-6,8-13,21H,2,7,14H2,1H3. The van der Waals surface area contributed by atoms with E-state index in [9.17, 15) is 0 Å². The van der Waals surface area contributed by atoms with Gasteiger partial charge in [-0.2, -0.15) is 0 Å². The summed E-state index contributed by atoms with van der Waals surface area (Å²) in [5.41, 5.74) is 4.96. The molecule has 106 valence electrons. The lowest BCUT2D eigenvalue weighted by Crippen LogP contribution is -2.03. The number of nitrogens with zero attached hydrogens (tertiary/aromatic N) is 1. The fourth-order valence-electron chi connectivity index (χ4n) is 2.68. The molecular formula is C19H20N2. The van der Waals surface area contributed by atoms with Crippen molar-refractivity contribution in [3.8, 4) is 0 Å². The van der Waals surface area contributed by atoms with Crippen LogP contribution >= 0.6 is 0 Å². The zero-order valence-electron chi connectivity index (χ0n) is 12.3. The Morgan fingerprint density at radius 3 is 2.62 bits per heavy atom. The van der Waals surface area contributed by atoms with Crippen LogP contribution < -0.4 is 5.32 Å². The molecule has 1 heterocycles. The van der Waals surface area contributed by atoms with Crippen LogP contribution in [-0.4, -0.2) is 4.98 Å². The van der Waals surface area contributed by atoms with E-state index in [4.69, 9.17) is 0 Å². The van der Waals surface area contributed by atoms with Gasteiger partial charge in [0.2, 0.25) is 0 Å². The molecule has 0 bridgehead atoms. The number of benzene rings is 2. The van der Waals surface area contributed by atoms with Crippen molar-refractivity contribution >= 4 is 16.6 Å². The van der Waals surface area contributed by atoms with Gasteiger partial charge in [0.1, 0.15) is 0 Å². The summed E-state index contributed by atoms with van der Waals surface area (Å²) < 4.78 is 0. The monoisotopic (exact) mass is 276 g/mol. The Morgan fingerprint density at radius 2 is 1.71 bits per heavy atom. The Morgan fingerprint density at radius 1 is 0.905 bits per heavy atom. The average molecular weight is 276 g/mol. The van der Waals surface area contributed by atoms with Gasteiger partial charge in [0.05, 0.1) is 5.52 Å². The molecular weight excluding hydrogens is 256 g/mol. The second kappa shape index (κ2) is 6.40. The first-order chi connectivity index (χ1) is 10.4. The number of aromatic nitrogens is 1. The second-order valence-electron chi connectivity index (χ2n) is 5.25. The van der Waals surface area contributed by atoms with Gasteiger partial charge in [-0.1, -0.05) is 49.7 Å². The summed E-state index contributed by atoms with van der Waals surface area (Å²) in [4.78, 5) is 4.42. The molecule has 21 heavy (non-hydrogen) atoms. The molecule has 3 rings (SSSR count). The summed E-state index contributed by atoms with van der Waals surface area (Å²) in [5.74, 6) is 0. The van der Waals surface area contributed by atoms with Gasteiger partial charge in [-0.05, 0) is 35.7 Å². The largest absolute Gasteiger partial charge is 0.381 e. The van der Waals surface area contributed by atoms with Gasteiger partial charge in [0.25, 0.3) is 0 Å². The van der Waals surface area contributed by atoms with E-state index in [0.717, 1.165) is 24.9 Å². The van der Waals surface area contributed by atoms with Crippen molar-refractivity contribution in [2.24, 2.45) is 0 Å². The summed E-state index contributed by atoms with van der Waals surface area (Å²) >= 11 is 0. The van der Waals surface area contributed by atoms with Crippen LogP contribution in [0.15, 0.2) is 60.8 Å². The van der Waals surface area contributed by atoms with Gasteiger partial charge in [0, 0.05) is 23.8 Å². The van der Waals surface area contributed by atoms with E-state index in [1.807, 2.05) is 12.3 Å². The van der Waals surface area contributed by atoms with E-state index in [1.54, 1.807) is 0 Å². The van der Waals surface area contributed by atoms with Crippen molar-refractivity contribution in [2.45, 2.75) is 26.3 Å². The summed E-state index contributed by atoms with van der Waals surface area (Å²) in [6.45, 7) is 3.04. The maximum atomic E-state index is 4.42. The zero-order chi connectivity index (χ0) is 14.5. The van der Waals surface area contributed by atoms with E-state index < -0.39 is 0 Å². The van der Waals surface area contributed by atoms with Gasteiger partial charge >= 0.3 is 0 Å². The molecule has 0 radical (unpaired) electrons. The molecule has 1 aromatic heterocycles. The number of nitrogens with one attached hydrogen (secondary N) is 1. The Bertz CT molecular complexity index is 729. The minimum absolute atomic E-state index is 0.823. The van der Waals surface area contributed by atoms with Crippen molar-refractivity contribution in [3.63, 3.8) is 0 Å². The van der Waals surface area contributed by atoms with Crippen molar-refractivity contribution in [3.05, 3.63) is 71.9 Å². The number of pyridine rings is 1. The molecule has 0 aliphatic heterocycles. The molecule has 0 aliphatic rings. The van der Waals surface area contributed by atoms with E-state index in [-0.39, 0.29) is 0 Å². The normalized spacial score (nSPS) is 10.7. The maximum absolute atomic E-state index is 4.42. The molecule has 0 amide bonds. The lowest BCUT2D eigenvalue weighted by molar-refractivity contribution is 0.920. The first-order valence-corrected chi connectivity index (χ1v) is 7.53. The Kier molecular flexibility index (Phi) is 4.15.